The number of hydrogen-bond acceptors (Lipinski definition) is 9. The Hall–Kier alpha value is -4.66. The molecule has 9 nitrogen and oxygen atoms in total. The van der Waals surface area contributed by atoms with Crippen molar-refractivity contribution in [3.63, 3.8) is 0 Å². The minimum atomic E-state index is 0.567. The van der Waals surface area contributed by atoms with E-state index in [0.717, 1.165) is 111 Å². The number of methoxy groups -OCH3 is 1. The van der Waals surface area contributed by atoms with E-state index in [-0.39, 0.29) is 0 Å². The minimum Gasteiger partial charge on any atom is -0.497 e. The van der Waals surface area contributed by atoms with Crippen molar-refractivity contribution in [1.82, 2.24) is 9.97 Å². The molecule has 1 aromatic heterocycles. The molecular formula is C71H114N2O7. The van der Waals surface area contributed by atoms with Gasteiger partial charge in [-0.25, -0.2) is 9.97 Å². The Bertz CT molecular complexity index is 1940. The first kappa shape index (κ1) is 67.8. The van der Waals surface area contributed by atoms with Gasteiger partial charge in [0.15, 0.2) is 28.8 Å². The Morgan fingerprint density at radius 2 is 0.537 bits per heavy atom. The van der Waals surface area contributed by atoms with Crippen molar-refractivity contribution < 1.29 is 33.2 Å². The summed E-state index contributed by atoms with van der Waals surface area (Å²) in [6.07, 6.45) is 42.6. The molecule has 0 saturated carbocycles. The number of rotatable bonds is 52. The van der Waals surface area contributed by atoms with Gasteiger partial charge in [-0.15, -0.1) is 0 Å². The molecule has 9 heteroatoms. The number of hydrogen-bond donors (Lipinski definition) is 0. The maximum absolute atomic E-state index is 6.83. The molecule has 0 bridgehead atoms. The predicted octanol–water partition coefficient (Wildman–Crippen LogP) is 21.9. The molecule has 0 aliphatic heterocycles. The van der Waals surface area contributed by atoms with Gasteiger partial charge in [-0.2, -0.15) is 0 Å². The smallest absolute Gasteiger partial charge is 0.203 e. The van der Waals surface area contributed by atoms with E-state index in [1.807, 2.05) is 12.1 Å². The summed E-state index contributed by atoms with van der Waals surface area (Å²) in [7, 11) is 1.70. The molecule has 0 aliphatic carbocycles. The molecule has 0 radical (unpaired) electrons. The molecule has 0 saturated heterocycles. The predicted molar refractivity (Wildman–Crippen MR) is 338 cm³/mol. The molecule has 0 aliphatic rings. The molecule has 80 heavy (non-hydrogen) atoms. The molecule has 0 atom stereocenters. The summed E-state index contributed by atoms with van der Waals surface area (Å²) in [5, 5.41) is 0. The van der Waals surface area contributed by atoms with Crippen LogP contribution in [0.4, 0.5) is 0 Å². The summed E-state index contributed by atoms with van der Waals surface area (Å²) < 4.78 is 46.5. The van der Waals surface area contributed by atoms with Crippen LogP contribution >= 0.6 is 0 Å². The molecule has 0 unspecified atom stereocenters. The Morgan fingerprint density at radius 1 is 0.275 bits per heavy atom. The number of ether oxygens (including phenoxy) is 7. The minimum absolute atomic E-state index is 0.567. The second-order valence-corrected chi connectivity index (χ2v) is 22.5. The number of nitrogens with zero attached hydrogens (tertiary/aromatic N) is 2. The zero-order chi connectivity index (χ0) is 56.9. The van der Waals surface area contributed by atoms with Gasteiger partial charge in [-0.3, -0.25) is 0 Å². The van der Waals surface area contributed by atoms with E-state index in [2.05, 4.69) is 84.0 Å². The van der Waals surface area contributed by atoms with Gasteiger partial charge in [-0.1, -0.05) is 234 Å². The van der Waals surface area contributed by atoms with E-state index >= 15 is 0 Å². The van der Waals surface area contributed by atoms with E-state index in [9.17, 15) is 0 Å². The second kappa shape index (κ2) is 44.9. The lowest BCUT2D eigenvalue weighted by Crippen LogP contribution is -2.08. The summed E-state index contributed by atoms with van der Waals surface area (Å²) in [4.78, 5) is 10.9. The van der Waals surface area contributed by atoms with Gasteiger partial charge in [0, 0.05) is 16.7 Å². The van der Waals surface area contributed by atoms with Crippen LogP contribution < -0.4 is 33.2 Å². The summed E-state index contributed by atoms with van der Waals surface area (Å²) in [5.74, 6) is 5.50. The summed E-state index contributed by atoms with van der Waals surface area (Å²) >= 11 is 0. The summed E-state index contributed by atoms with van der Waals surface area (Å²) in [5.41, 5.74) is 4.18. The van der Waals surface area contributed by atoms with Crippen molar-refractivity contribution in [3.8, 4) is 74.1 Å². The molecule has 1 heterocycles. The lowest BCUT2D eigenvalue weighted by atomic mass is 10.0. The van der Waals surface area contributed by atoms with E-state index < -0.39 is 0 Å². The highest BCUT2D eigenvalue weighted by Gasteiger charge is 2.23. The lowest BCUT2D eigenvalue weighted by Gasteiger charge is -2.20. The van der Waals surface area contributed by atoms with E-state index in [4.69, 9.17) is 43.1 Å². The fourth-order valence-electron chi connectivity index (χ4n) is 10.1. The fourth-order valence-corrected chi connectivity index (χ4v) is 10.1. The topological polar surface area (TPSA) is 90.4 Å². The van der Waals surface area contributed by atoms with Crippen molar-refractivity contribution in [3.05, 3.63) is 54.6 Å². The van der Waals surface area contributed by atoms with E-state index in [0.29, 0.717) is 80.0 Å². The van der Waals surface area contributed by atoms with Crippen molar-refractivity contribution in [1.29, 1.82) is 0 Å². The van der Waals surface area contributed by atoms with Gasteiger partial charge >= 0.3 is 0 Å². The first-order valence-corrected chi connectivity index (χ1v) is 33.2. The van der Waals surface area contributed by atoms with Crippen molar-refractivity contribution in [2.45, 2.75) is 273 Å². The zero-order valence-corrected chi connectivity index (χ0v) is 52.1. The standard InChI is InChI=1S/C71H114N2O7/c1-8-14-20-26-32-38-48-75-65-54-60(55-66(76-49-39-33-27-21-15-9-2)69(65)79-52-42-36-30-24-18-12-5)64-58-63(59-44-46-62(74-7)47-45-59)72-71(73-64)61-56-67(77-50-40-34-28-22-16-10-3)70(80-53-43-37-31-25-19-13-6)68(57-61)78-51-41-35-29-23-17-11-4/h44-47,54-58H,8-43,48-53H2,1-7H3. The van der Waals surface area contributed by atoms with Crippen LogP contribution in [0.3, 0.4) is 0 Å². The average molecular weight is 1110 g/mol. The Morgan fingerprint density at radius 3 is 0.838 bits per heavy atom. The highest BCUT2D eigenvalue weighted by atomic mass is 16.5. The first-order valence-electron chi connectivity index (χ1n) is 33.2. The van der Waals surface area contributed by atoms with E-state index in [1.165, 1.54) is 154 Å². The molecule has 0 spiro atoms. The van der Waals surface area contributed by atoms with Crippen molar-refractivity contribution in [2.24, 2.45) is 0 Å². The highest BCUT2D eigenvalue weighted by molar-refractivity contribution is 5.76. The summed E-state index contributed by atoms with van der Waals surface area (Å²) in [6.45, 7) is 17.2. The van der Waals surface area contributed by atoms with Gasteiger partial charge < -0.3 is 33.2 Å². The van der Waals surface area contributed by atoms with Crippen LogP contribution in [0.5, 0.6) is 40.2 Å². The Labute approximate surface area is 489 Å². The van der Waals surface area contributed by atoms with Gasteiger partial charge in [0.05, 0.1) is 58.1 Å². The van der Waals surface area contributed by atoms with Crippen molar-refractivity contribution >= 4 is 0 Å². The third kappa shape index (κ3) is 27.9. The Balaban J connectivity index is 1.89. The molecule has 0 fully saturated rings. The van der Waals surface area contributed by atoms with Crippen LogP contribution in [0.1, 0.15) is 273 Å². The maximum atomic E-state index is 6.83. The molecular weight excluding hydrogens is 993 g/mol. The van der Waals surface area contributed by atoms with Crippen molar-refractivity contribution in [2.75, 3.05) is 46.8 Å². The van der Waals surface area contributed by atoms with Crippen LogP contribution in [0.15, 0.2) is 54.6 Å². The normalized spacial score (nSPS) is 11.3. The molecule has 450 valence electrons. The molecule has 0 N–H and O–H groups in total. The molecule has 0 amide bonds. The fraction of sp³-hybridized carbons (Fsp3) is 0.690. The van der Waals surface area contributed by atoms with E-state index in [1.54, 1.807) is 7.11 Å². The van der Waals surface area contributed by atoms with Crippen LogP contribution in [0.2, 0.25) is 0 Å². The zero-order valence-electron chi connectivity index (χ0n) is 52.1. The molecule has 4 aromatic rings. The second-order valence-electron chi connectivity index (χ2n) is 22.5. The summed E-state index contributed by atoms with van der Waals surface area (Å²) in [6, 6.07) is 18.6. The third-order valence-corrected chi connectivity index (χ3v) is 15.2. The van der Waals surface area contributed by atoms with Gasteiger partial charge in [0.2, 0.25) is 11.5 Å². The van der Waals surface area contributed by atoms with Gasteiger partial charge in [0.1, 0.15) is 5.75 Å². The maximum Gasteiger partial charge on any atom is 0.203 e. The van der Waals surface area contributed by atoms with Gasteiger partial charge in [-0.05, 0) is 93.1 Å². The third-order valence-electron chi connectivity index (χ3n) is 15.2. The van der Waals surface area contributed by atoms with Crippen LogP contribution in [0.25, 0.3) is 33.9 Å². The monoisotopic (exact) mass is 1110 g/mol. The Kier molecular flexibility index (Phi) is 38.1. The number of aromatic nitrogens is 2. The SMILES string of the molecule is CCCCCCCCOc1cc(-c2cc(-c3ccc(OC)cc3)nc(-c3cc(OCCCCCCCC)c(OCCCCCCCC)c(OCCCCCCCC)c3)n2)cc(OCCCCCCCC)c1OCCCCCCCC. The van der Waals surface area contributed by atoms with Crippen LogP contribution in [0, 0.1) is 0 Å². The highest BCUT2D eigenvalue weighted by Crippen LogP contribution is 2.45. The number of unbranched alkanes of at least 4 members (excludes halogenated alkanes) is 30. The quantitative estimate of drug-likeness (QED) is 0.0401. The number of benzene rings is 3. The molecule has 4 rings (SSSR count). The van der Waals surface area contributed by atoms with Crippen LogP contribution in [-0.2, 0) is 0 Å². The average Bonchev–Trinajstić information content (AvgIpc) is 3.50. The largest absolute Gasteiger partial charge is 0.497 e. The molecule has 3 aromatic carbocycles. The van der Waals surface area contributed by atoms with Crippen LogP contribution in [-0.4, -0.2) is 56.7 Å². The van der Waals surface area contributed by atoms with Gasteiger partial charge in [0.25, 0.3) is 0 Å². The first-order chi connectivity index (χ1) is 39.5. The lowest BCUT2D eigenvalue weighted by molar-refractivity contribution is 0.234.